The lowest BCUT2D eigenvalue weighted by atomic mass is 9.81. The molecule has 7 aromatic rings. The van der Waals surface area contributed by atoms with Gasteiger partial charge in [0.15, 0.2) is 0 Å². The standard InChI is InChI=1S/C20H19NOS.C17H19NO.C13H20O.C11H16.C8H15NO2.C8H17N.2CH4/c1-12(2)19-15-8-7-14(18-9-6-13(3)23-18)11-17(15)22-20-16(19)5-4-10-21-20;1-10(2)16-13-7-5-11(3)9-15(13)19-17-14(16)8-6-12(4)18-17;1-9(2)12-6-7-13(11(5)8-12)14-10(3)4;1-8(2)11-6-5-9(3)7-10(11)4;1-7(2)8(10)9-3-5-11-6-4-9;1-8(2)9-6-4-3-5-7-9;;/h4-12,19H,1-3H3;5-10,16H,1-4H3;6-10H,1-5H3;5-8H,1-4H3;7H,3-6H2,1-2H3;8H,3-7H2,1-2H3;2*1H4. The largest absolute Gasteiger partial charge is 0.491 e. The van der Waals surface area contributed by atoms with Gasteiger partial charge in [-0.25, -0.2) is 9.97 Å². The molecule has 4 aliphatic rings. The maximum absolute atomic E-state index is 11.4. The van der Waals surface area contributed by atoms with Crippen LogP contribution in [0.5, 0.6) is 29.0 Å². The number of likely N-dealkylation sites (tertiary alicyclic amines) is 1. The van der Waals surface area contributed by atoms with E-state index in [0.29, 0.717) is 48.7 Å². The minimum absolute atomic E-state index is 0. The van der Waals surface area contributed by atoms with Gasteiger partial charge in [-0.2, -0.15) is 0 Å². The van der Waals surface area contributed by atoms with E-state index in [1.807, 2.05) is 43.1 Å². The number of morpholine rings is 1. The van der Waals surface area contributed by atoms with Crippen molar-refractivity contribution in [2.75, 3.05) is 39.4 Å². The van der Waals surface area contributed by atoms with Crippen molar-refractivity contribution in [2.45, 2.75) is 208 Å². The van der Waals surface area contributed by atoms with E-state index in [1.54, 1.807) is 6.20 Å². The maximum Gasteiger partial charge on any atom is 0.225 e. The number of benzene rings is 4. The number of aryl methyl sites for hydroxylation is 6. The number of fused-ring (bicyclic) bond motifs is 4. The zero-order valence-corrected chi connectivity index (χ0v) is 57.6. The molecule has 3 aromatic heterocycles. The lowest BCUT2D eigenvalue weighted by Gasteiger charge is -2.30. The molecule has 0 N–H and O–H groups in total. The second kappa shape index (κ2) is 35.9. The normalized spacial score (nSPS) is 15.4. The van der Waals surface area contributed by atoms with Gasteiger partial charge in [0.1, 0.15) is 17.2 Å². The molecule has 0 saturated carbocycles. The summed E-state index contributed by atoms with van der Waals surface area (Å²) in [5.41, 5.74) is 15.2. The minimum atomic E-state index is 0. The van der Waals surface area contributed by atoms with Crippen LogP contribution in [0.1, 0.15) is 221 Å². The van der Waals surface area contributed by atoms with Crippen molar-refractivity contribution in [1.82, 2.24) is 19.8 Å². The Hall–Kier alpha value is -6.33. The number of nitrogens with zero attached hydrogens (tertiary/aromatic N) is 4. The van der Waals surface area contributed by atoms with E-state index < -0.39 is 0 Å². The molecule has 2 saturated heterocycles. The van der Waals surface area contributed by atoms with Crippen LogP contribution >= 0.6 is 11.3 Å². The average Bonchev–Trinajstić information content (AvgIpc) is 2.61. The van der Waals surface area contributed by atoms with Gasteiger partial charge < -0.3 is 28.7 Å². The molecular weight excluding hydrogens is 1120 g/mol. The summed E-state index contributed by atoms with van der Waals surface area (Å²) in [6, 6.07) is 39.6. The third-order valence-corrected chi connectivity index (χ3v) is 17.4. The van der Waals surface area contributed by atoms with Crippen LogP contribution in [0.25, 0.3) is 10.4 Å². The highest BCUT2D eigenvalue weighted by Crippen LogP contribution is 2.49. The predicted molar refractivity (Wildman–Crippen MR) is 380 cm³/mol. The third kappa shape index (κ3) is 21.7. The highest BCUT2D eigenvalue weighted by molar-refractivity contribution is 7.15. The van der Waals surface area contributed by atoms with Crippen LogP contribution in [0, 0.1) is 59.3 Å². The molecule has 4 aliphatic heterocycles. The monoisotopic (exact) mass is 1230 g/mol. The maximum atomic E-state index is 11.4. The molecule has 9 nitrogen and oxygen atoms in total. The lowest BCUT2D eigenvalue weighted by Crippen LogP contribution is -2.42. The molecule has 11 rings (SSSR count). The summed E-state index contributed by atoms with van der Waals surface area (Å²) in [6.45, 7) is 48.6. The van der Waals surface area contributed by atoms with Gasteiger partial charge in [-0.3, -0.25) is 4.79 Å². The first-order valence-electron chi connectivity index (χ1n) is 32.4. The summed E-state index contributed by atoms with van der Waals surface area (Å²) in [5, 5.41) is 0. The summed E-state index contributed by atoms with van der Waals surface area (Å²) in [7, 11) is 0. The topological polar surface area (TPSA) is 86.3 Å². The van der Waals surface area contributed by atoms with Crippen LogP contribution in [-0.4, -0.2) is 77.2 Å². The van der Waals surface area contributed by atoms with Crippen molar-refractivity contribution >= 4 is 17.2 Å². The van der Waals surface area contributed by atoms with Crippen molar-refractivity contribution in [3.8, 4) is 39.4 Å². The fraction of sp³-hybridized carbons (Fsp3) is 0.506. The molecule has 1 amide bonds. The molecule has 0 spiro atoms. The quantitative estimate of drug-likeness (QED) is 0.141. The smallest absolute Gasteiger partial charge is 0.225 e. The van der Waals surface area contributed by atoms with Crippen LogP contribution in [-0.2, 0) is 9.53 Å². The molecule has 486 valence electrons. The summed E-state index contributed by atoms with van der Waals surface area (Å²) in [4.78, 5) is 27.4. The van der Waals surface area contributed by atoms with Crippen LogP contribution in [0.15, 0.2) is 115 Å². The summed E-state index contributed by atoms with van der Waals surface area (Å²) in [6.07, 6.45) is 6.33. The summed E-state index contributed by atoms with van der Waals surface area (Å²) >= 11 is 1.81. The van der Waals surface area contributed by atoms with Gasteiger partial charge in [0.25, 0.3) is 0 Å². The molecule has 2 atom stereocenters. The molecule has 7 heterocycles. The number of hydrogen-bond acceptors (Lipinski definition) is 9. The Balaban J connectivity index is 0.000000235. The Morgan fingerprint density at radius 3 is 1.70 bits per heavy atom. The summed E-state index contributed by atoms with van der Waals surface area (Å²) in [5.74, 6) is 7.75. The number of piperidine rings is 1. The molecule has 89 heavy (non-hydrogen) atoms. The van der Waals surface area contributed by atoms with Gasteiger partial charge >= 0.3 is 0 Å². The van der Waals surface area contributed by atoms with E-state index in [1.165, 1.54) is 103 Å². The number of aromatic nitrogens is 2. The first-order valence-corrected chi connectivity index (χ1v) is 33.2. The Kier molecular flexibility index (Phi) is 30.3. The zero-order chi connectivity index (χ0) is 63.6. The van der Waals surface area contributed by atoms with Crippen LogP contribution in [0.2, 0.25) is 0 Å². The first-order chi connectivity index (χ1) is 41.3. The molecule has 0 bridgehead atoms. The van der Waals surface area contributed by atoms with E-state index in [0.717, 1.165) is 53.8 Å². The van der Waals surface area contributed by atoms with E-state index >= 15 is 0 Å². The molecule has 2 fully saturated rings. The molecular formula is C79H114N4O5S. The number of thiophene rings is 1. The third-order valence-electron chi connectivity index (χ3n) is 16.3. The SMILES string of the molecule is C.C.CC(C)C(=O)N1CCOCC1.CC(C)N1CCCCC1.Cc1cc(C(C)C)ccc1OC(C)C.Cc1ccc(-c2ccc3c(c2)Oc2ncccc2C3C(C)C)s1.Cc1ccc(C(C)C)c(C)c1.Cc1ccc2c(c1)Oc1nc(C)ccc1C2C(C)C. The first kappa shape index (κ1) is 75.1. The number of amides is 1. The number of rotatable bonds is 9. The van der Waals surface area contributed by atoms with Gasteiger partial charge in [0, 0.05) is 80.8 Å². The molecule has 4 aromatic carbocycles. The molecule has 0 aliphatic carbocycles. The van der Waals surface area contributed by atoms with Gasteiger partial charge in [0.05, 0.1) is 19.3 Å². The lowest BCUT2D eigenvalue weighted by molar-refractivity contribution is -0.138. The fourth-order valence-corrected chi connectivity index (χ4v) is 12.5. The second-order valence-electron chi connectivity index (χ2n) is 26.2. The summed E-state index contributed by atoms with van der Waals surface area (Å²) < 4.78 is 22.9. The fourth-order valence-electron chi connectivity index (χ4n) is 11.7. The van der Waals surface area contributed by atoms with E-state index in [-0.39, 0.29) is 32.8 Å². The van der Waals surface area contributed by atoms with Gasteiger partial charge in [0.2, 0.25) is 17.7 Å². The van der Waals surface area contributed by atoms with Crippen molar-refractivity contribution in [3.63, 3.8) is 0 Å². The van der Waals surface area contributed by atoms with E-state index in [4.69, 9.17) is 18.9 Å². The van der Waals surface area contributed by atoms with Crippen molar-refractivity contribution in [3.05, 3.63) is 182 Å². The van der Waals surface area contributed by atoms with Crippen LogP contribution in [0.3, 0.4) is 0 Å². The van der Waals surface area contributed by atoms with Crippen molar-refractivity contribution in [2.24, 2.45) is 17.8 Å². The van der Waals surface area contributed by atoms with Crippen LogP contribution < -0.4 is 14.2 Å². The van der Waals surface area contributed by atoms with E-state index in [2.05, 4.69) is 236 Å². The van der Waals surface area contributed by atoms with E-state index in [9.17, 15) is 4.79 Å². The highest BCUT2D eigenvalue weighted by atomic mass is 32.1. The van der Waals surface area contributed by atoms with Gasteiger partial charge in [-0.15, -0.1) is 11.3 Å². The number of hydrogen-bond donors (Lipinski definition) is 0. The minimum Gasteiger partial charge on any atom is -0.491 e. The Morgan fingerprint density at radius 2 is 1.16 bits per heavy atom. The second-order valence-corrected chi connectivity index (χ2v) is 27.5. The Morgan fingerprint density at radius 1 is 0.573 bits per heavy atom. The zero-order valence-electron chi connectivity index (χ0n) is 56.8. The number of ether oxygens (including phenoxy) is 4. The predicted octanol–water partition coefficient (Wildman–Crippen LogP) is 21.6. The number of carbonyl (C=O) groups is 1. The van der Waals surface area contributed by atoms with Crippen molar-refractivity contribution < 1.29 is 23.7 Å². The molecule has 2 unspecified atom stereocenters. The molecule has 0 radical (unpaired) electrons. The highest BCUT2D eigenvalue weighted by Gasteiger charge is 2.32. The number of pyridine rings is 2. The average molecular weight is 1230 g/mol. The Bertz CT molecular complexity index is 3220. The number of carbonyl (C=O) groups excluding carboxylic acids is 1. The van der Waals surface area contributed by atoms with Crippen molar-refractivity contribution in [1.29, 1.82) is 0 Å². The van der Waals surface area contributed by atoms with Gasteiger partial charge in [-0.1, -0.05) is 163 Å². The molecule has 10 heteroatoms. The van der Waals surface area contributed by atoms with Crippen LogP contribution in [0.4, 0.5) is 0 Å². The Labute approximate surface area is 544 Å². The van der Waals surface area contributed by atoms with Gasteiger partial charge in [-0.05, 0) is 195 Å².